The third kappa shape index (κ3) is 3.92. The van der Waals surface area contributed by atoms with Crippen molar-refractivity contribution in [1.29, 1.82) is 0 Å². The summed E-state index contributed by atoms with van der Waals surface area (Å²) in [7, 11) is 0. The molecule has 6 aromatic rings. The van der Waals surface area contributed by atoms with Crippen molar-refractivity contribution in [2.45, 2.75) is 0 Å². The monoisotopic (exact) mass is 516 g/mol. The van der Waals surface area contributed by atoms with Crippen LogP contribution in [0.4, 0.5) is 5.69 Å². The minimum absolute atomic E-state index is 0.138. The fourth-order valence-electron chi connectivity index (χ4n) is 4.66. The molecule has 5 aromatic carbocycles. The first-order chi connectivity index (χ1) is 17.2. The summed E-state index contributed by atoms with van der Waals surface area (Å²) in [6.45, 7) is 0. The highest BCUT2D eigenvalue weighted by Crippen LogP contribution is 2.36. The number of benzene rings is 5. The molecule has 1 N–H and O–H groups in total. The Morgan fingerprint density at radius 3 is 2.26 bits per heavy atom. The quantitative estimate of drug-likeness (QED) is 0.250. The maximum Gasteiger partial charge on any atom is 0.255 e. The van der Waals surface area contributed by atoms with Crippen LogP contribution < -0.4 is 5.32 Å². The van der Waals surface area contributed by atoms with Crippen molar-refractivity contribution in [3.8, 4) is 16.8 Å². The number of nitrogens with zero attached hydrogens (tertiary/aromatic N) is 1. The zero-order valence-electron chi connectivity index (χ0n) is 18.8. The maximum atomic E-state index is 13.0. The van der Waals surface area contributed by atoms with Gasteiger partial charge in [-0.15, -0.1) is 0 Å². The van der Waals surface area contributed by atoms with Gasteiger partial charge in [-0.25, -0.2) is 0 Å². The zero-order chi connectivity index (χ0) is 23.8. The lowest BCUT2D eigenvalue weighted by molar-refractivity contribution is 0.102. The molecule has 4 heteroatoms. The van der Waals surface area contributed by atoms with Gasteiger partial charge in [0.2, 0.25) is 0 Å². The molecule has 0 spiro atoms. The van der Waals surface area contributed by atoms with Crippen LogP contribution >= 0.6 is 15.9 Å². The molecular weight excluding hydrogens is 496 g/mol. The van der Waals surface area contributed by atoms with Gasteiger partial charge in [0.25, 0.3) is 5.91 Å². The smallest absolute Gasteiger partial charge is 0.255 e. The number of carbonyl (C=O) groups is 1. The van der Waals surface area contributed by atoms with E-state index in [9.17, 15) is 4.79 Å². The summed E-state index contributed by atoms with van der Waals surface area (Å²) in [5.41, 5.74) is 6.87. The van der Waals surface area contributed by atoms with Gasteiger partial charge in [0.05, 0.1) is 11.0 Å². The normalized spacial score (nSPS) is 11.1. The number of halogens is 1. The topological polar surface area (TPSA) is 34.0 Å². The number of rotatable bonds is 4. The van der Waals surface area contributed by atoms with Crippen LogP contribution in [0, 0.1) is 0 Å². The van der Waals surface area contributed by atoms with Crippen LogP contribution in [0.15, 0.2) is 126 Å². The number of fused-ring (bicyclic) bond motifs is 3. The maximum absolute atomic E-state index is 13.0. The van der Waals surface area contributed by atoms with E-state index in [2.05, 4.69) is 92.5 Å². The van der Waals surface area contributed by atoms with Crippen LogP contribution in [0.1, 0.15) is 10.4 Å². The molecule has 1 aromatic heterocycles. The van der Waals surface area contributed by atoms with Crippen molar-refractivity contribution < 1.29 is 4.79 Å². The van der Waals surface area contributed by atoms with Gasteiger partial charge in [-0.3, -0.25) is 4.79 Å². The van der Waals surface area contributed by atoms with E-state index >= 15 is 0 Å². The number of amides is 1. The minimum atomic E-state index is -0.138. The van der Waals surface area contributed by atoms with E-state index in [1.807, 2.05) is 54.6 Å². The van der Waals surface area contributed by atoms with Gasteiger partial charge in [-0.2, -0.15) is 0 Å². The molecule has 1 heterocycles. The Morgan fingerprint density at radius 1 is 0.657 bits per heavy atom. The van der Waals surface area contributed by atoms with E-state index in [1.54, 1.807) is 0 Å². The summed E-state index contributed by atoms with van der Waals surface area (Å²) in [5.74, 6) is -0.138. The number of hydrogen-bond acceptors (Lipinski definition) is 1. The van der Waals surface area contributed by atoms with E-state index in [4.69, 9.17) is 0 Å². The summed E-state index contributed by atoms with van der Waals surface area (Å²) < 4.78 is 3.17. The molecule has 0 atom stereocenters. The molecular formula is C31H21BrN2O. The predicted octanol–water partition coefficient (Wildman–Crippen LogP) is 8.47. The Hall–Kier alpha value is -4.15. The average molecular weight is 517 g/mol. The molecule has 0 fully saturated rings. The van der Waals surface area contributed by atoms with E-state index in [0.717, 1.165) is 32.5 Å². The summed E-state index contributed by atoms with van der Waals surface area (Å²) in [4.78, 5) is 13.0. The Morgan fingerprint density at radius 2 is 1.40 bits per heavy atom. The van der Waals surface area contributed by atoms with Crippen molar-refractivity contribution in [1.82, 2.24) is 4.57 Å². The van der Waals surface area contributed by atoms with Gasteiger partial charge >= 0.3 is 0 Å². The lowest BCUT2D eigenvalue weighted by atomic mass is 10.0. The van der Waals surface area contributed by atoms with E-state index in [0.29, 0.717) is 5.56 Å². The number of nitrogens with one attached hydrogen (secondary N) is 1. The molecule has 6 rings (SSSR count). The van der Waals surface area contributed by atoms with Gasteiger partial charge in [-0.05, 0) is 60.2 Å². The second-order valence-corrected chi connectivity index (χ2v) is 9.35. The summed E-state index contributed by atoms with van der Waals surface area (Å²) in [6.07, 6.45) is 0. The molecule has 0 aliphatic heterocycles. The van der Waals surface area contributed by atoms with Gasteiger partial charge in [0.1, 0.15) is 0 Å². The standard InChI is InChI=1S/C31H21BrN2O/c32-23-10-8-9-22(19-23)31(35)33-28-15-6-4-13-25(28)21-17-18-30-27(20-21)26-14-5-7-16-29(26)34(30)24-11-2-1-3-12-24/h1-20H,(H,33,35). The van der Waals surface area contributed by atoms with Gasteiger partial charge in [-0.1, -0.05) is 82.7 Å². The Kier molecular flexibility index (Phi) is 5.44. The van der Waals surface area contributed by atoms with Crippen LogP contribution in [0.5, 0.6) is 0 Å². The van der Waals surface area contributed by atoms with Crippen LogP contribution in [0.3, 0.4) is 0 Å². The highest BCUT2D eigenvalue weighted by molar-refractivity contribution is 9.10. The first kappa shape index (κ1) is 21.4. The third-order valence-corrected chi connectivity index (χ3v) is 6.75. The molecule has 3 nitrogen and oxygen atoms in total. The second kappa shape index (κ2) is 8.90. The third-order valence-electron chi connectivity index (χ3n) is 6.26. The highest BCUT2D eigenvalue weighted by Gasteiger charge is 2.15. The molecule has 35 heavy (non-hydrogen) atoms. The zero-order valence-corrected chi connectivity index (χ0v) is 20.4. The number of aromatic nitrogens is 1. The Labute approximate surface area is 211 Å². The number of hydrogen-bond donors (Lipinski definition) is 1. The summed E-state index contributed by atoms with van der Waals surface area (Å²) >= 11 is 3.45. The lowest BCUT2D eigenvalue weighted by Gasteiger charge is -2.12. The second-order valence-electron chi connectivity index (χ2n) is 8.43. The highest BCUT2D eigenvalue weighted by atomic mass is 79.9. The minimum Gasteiger partial charge on any atom is -0.321 e. The van der Waals surface area contributed by atoms with Crippen molar-refractivity contribution in [3.63, 3.8) is 0 Å². The first-order valence-electron chi connectivity index (χ1n) is 11.4. The molecule has 1 amide bonds. The molecule has 0 saturated heterocycles. The molecule has 0 aliphatic rings. The molecule has 0 bridgehead atoms. The lowest BCUT2D eigenvalue weighted by Crippen LogP contribution is -2.12. The van der Waals surface area contributed by atoms with Crippen LogP contribution in [0.25, 0.3) is 38.6 Å². The largest absolute Gasteiger partial charge is 0.321 e. The van der Waals surface area contributed by atoms with Crippen molar-refractivity contribution in [2.24, 2.45) is 0 Å². The number of carbonyl (C=O) groups excluding carboxylic acids is 1. The predicted molar refractivity (Wildman–Crippen MR) is 148 cm³/mol. The first-order valence-corrected chi connectivity index (χ1v) is 12.2. The SMILES string of the molecule is O=C(Nc1ccccc1-c1ccc2c(c1)c1ccccc1n2-c1ccccc1)c1cccc(Br)c1. The van der Waals surface area contributed by atoms with Gasteiger partial charge in [0.15, 0.2) is 0 Å². The van der Waals surface area contributed by atoms with Gasteiger partial charge in [0, 0.05) is 37.7 Å². The van der Waals surface area contributed by atoms with Crippen molar-refractivity contribution in [3.05, 3.63) is 131 Å². The molecule has 0 radical (unpaired) electrons. The number of para-hydroxylation sites is 3. The number of anilines is 1. The summed E-state index contributed by atoms with van der Waals surface area (Å²) in [6, 6.07) is 40.8. The van der Waals surface area contributed by atoms with Crippen LogP contribution in [-0.2, 0) is 0 Å². The molecule has 168 valence electrons. The summed E-state index contributed by atoms with van der Waals surface area (Å²) in [5, 5.41) is 5.48. The van der Waals surface area contributed by atoms with E-state index in [-0.39, 0.29) is 5.91 Å². The van der Waals surface area contributed by atoms with E-state index in [1.165, 1.54) is 16.3 Å². The molecule has 0 aliphatic carbocycles. The fourth-order valence-corrected chi connectivity index (χ4v) is 5.06. The average Bonchev–Trinajstić information content (AvgIpc) is 3.23. The Balaban J connectivity index is 1.47. The van der Waals surface area contributed by atoms with E-state index < -0.39 is 0 Å². The van der Waals surface area contributed by atoms with Crippen molar-refractivity contribution in [2.75, 3.05) is 5.32 Å². The molecule has 0 saturated carbocycles. The van der Waals surface area contributed by atoms with Crippen molar-refractivity contribution >= 4 is 49.3 Å². The molecule has 0 unspecified atom stereocenters. The van der Waals surface area contributed by atoms with Gasteiger partial charge < -0.3 is 9.88 Å². The Bertz CT molecular complexity index is 1700. The van der Waals surface area contributed by atoms with Crippen LogP contribution in [0.2, 0.25) is 0 Å². The fraction of sp³-hybridized carbons (Fsp3) is 0. The van der Waals surface area contributed by atoms with Crippen LogP contribution in [-0.4, -0.2) is 10.5 Å².